The Morgan fingerprint density at radius 2 is 2.14 bits per heavy atom. The summed E-state index contributed by atoms with van der Waals surface area (Å²) in [6, 6.07) is 8.57. The molecule has 0 bridgehead atoms. The zero-order valence-corrected chi connectivity index (χ0v) is 11.5. The molecule has 4 rings (SSSR count). The highest BCUT2D eigenvalue weighted by Gasteiger charge is 2.40. The molecule has 0 unspecified atom stereocenters. The van der Waals surface area contributed by atoms with Crippen molar-refractivity contribution in [2.75, 3.05) is 19.6 Å². The Labute approximate surface area is 121 Å². The Bertz CT molecular complexity index is 767. The number of benzene rings is 1. The second-order valence-electron chi connectivity index (χ2n) is 5.74. The van der Waals surface area contributed by atoms with Gasteiger partial charge in [0.2, 0.25) is 0 Å². The van der Waals surface area contributed by atoms with E-state index in [-0.39, 0.29) is 23.1 Å². The van der Waals surface area contributed by atoms with Crippen LogP contribution in [0.1, 0.15) is 17.0 Å². The fourth-order valence-electron chi connectivity index (χ4n) is 3.45. The van der Waals surface area contributed by atoms with Gasteiger partial charge in [-0.05, 0) is 24.5 Å². The topological polar surface area (TPSA) is 62.6 Å². The zero-order valence-electron chi connectivity index (χ0n) is 11.5. The van der Waals surface area contributed by atoms with Gasteiger partial charge in [-0.15, -0.1) is 0 Å². The lowest BCUT2D eigenvalue weighted by Crippen LogP contribution is -2.39. The van der Waals surface area contributed by atoms with Gasteiger partial charge in [0.1, 0.15) is 5.58 Å². The van der Waals surface area contributed by atoms with Gasteiger partial charge >= 0.3 is 0 Å². The number of amides is 1. The number of nitrogens with zero attached hydrogens (tertiary/aromatic N) is 1. The van der Waals surface area contributed by atoms with Crippen molar-refractivity contribution in [1.29, 1.82) is 0 Å². The van der Waals surface area contributed by atoms with Crippen LogP contribution in [-0.4, -0.2) is 36.5 Å². The Hall–Kier alpha value is -2.14. The molecule has 2 aliphatic rings. The molecule has 2 aliphatic heterocycles. The molecule has 21 heavy (non-hydrogen) atoms. The van der Waals surface area contributed by atoms with E-state index in [0.717, 1.165) is 26.1 Å². The van der Waals surface area contributed by atoms with E-state index in [0.29, 0.717) is 16.9 Å². The third-order valence-electron chi connectivity index (χ3n) is 4.55. The van der Waals surface area contributed by atoms with Crippen LogP contribution in [0.4, 0.5) is 0 Å². The van der Waals surface area contributed by atoms with E-state index in [1.54, 1.807) is 24.3 Å². The van der Waals surface area contributed by atoms with Crippen molar-refractivity contribution in [3.8, 4) is 0 Å². The Morgan fingerprint density at radius 3 is 3.05 bits per heavy atom. The number of nitrogens with one attached hydrogen (secondary N) is 1. The minimum atomic E-state index is -0.172. The molecule has 1 N–H and O–H groups in total. The van der Waals surface area contributed by atoms with E-state index in [1.807, 2.05) is 4.90 Å². The smallest absolute Gasteiger partial charge is 0.290 e. The van der Waals surface area contributed by atoms with Gasteiger partial charge in [0.05, 0.1) is 5.39 Å². The van der Waals surface area contributed by atoms with E-state index in [4.69, 9.17) is 4.42 Å². The molecule has 1 aromatic heterocycles. The predicted molar refractivity (Wildman–Crippen MR) is 78.3 cm³/mol. The number of hydrogen-bond donors (Lipinski definition) is 1. The molecule has 1 amide bonds. The highest BCUT2D eigenvalue weighted by atomic mass is 16.3. The quantitative estimate of drug-likeness (QED) is 0.855. The lowest BCUT2D eigenvalue weighted by atomic mass is 10.1. The number of hydrogen-bond acceptors (Lipinski definition) is 4. The van der Waals surface area contributed by atoms with Gasteiger partial charge < -0.3 is 14.6 Å². The molecule has 0 spiro atoms. The van der Waals surface area contributed by atoms with Crippen LogP contribution in [0.15, 0.2) is 39.5 Å². The van der Waals surface area contributed by atoms with Gasteiger partial charge in [0.25, 0.3) is 5.91 Å². The molecule has 0 aliphatic carbocycles. The van der Waals surface area contributed by atoms with Crippen LogP contribution in [0, 0.1) is 5.92 Å². The molecular weight excluding hydrogens is 268 g/mol. The Balaban J connectivity index is 1.73. The third-order valence-corrected chi connectivity index (χ3v) is 4.55. The summed E-state index contributed by atoms with van der Waals surface area (Å²) in [4.78, 5) is 26.6. The van der Waals surface area contributed by atoms with Crippen molar-refractivity contribution >= 4 is 16.9 Å². The number of fused-ring (bicyclic) bond motifs is 2. The maximum absolute atomic E-state index is 12.7. The van der Waals surface area contributed by atoms with Crippen LogP contribution in [-0.2, 0) is 0 Å². The maximum atomic E-state index is 12.7. The van der Waals surface area contributed by atoms with Gasteiger partial charge in [-0.25, -0.2) is 0 Å². The standard InChI is InChI=1S/C16H16N2O3/c19-13-7-15(21-14-4-2-1-3-11(13)14)16(20)18-6-5-10-8-17-9-12(10)18/h1-4,7,10,12,17H,5-6,8-9H2/t10-,12+/m0/s1. The van der Waals surface area contributed by atoms with Gasteiger partial charge in [-0.3, -0.25) is 9.59 Å². The van der Waals surface area contributed by atoms with Crippen LogP contribution in [0.25, 0.3) is 11.0 Å². The molecule has 5 nitrogen and oxygen atoms in total. The highest BCUT2D eigenvalue weighted by molar-refractivity contribution is 5.93. The van der Waals surface area contributed by atoms with E-state index < -0.39 is 0 Å². The molecule has 5 heteroatoms. The first-order valence-corrected chi connectivity index (χ1v) is 7.28. The Morgan fingerprint density at radius 1 is 1.29 bits per heavy atom. The second kappa shape index (κ2) is 4.70. The van der Waals surface area contributed by atoms with Crippen molar-refractivity contribution in [2.45, 2.75) is 12.5 Å². The Kier molecular flexibility index (Phi) is 2.82. The minimum Gasteiger partial charge on any atom is -0.451 e. The number of carbonyl (C=O) groups is 1. The summed E-state index contributed by atoms with van der Waals surface area (Å²) in [5.41, 5.74) is 0.300. The SMILES string of the molecule is O=C(c1cc(=O)c2ccccc2o1)N1CC[C@H]2CNC[C@H]21. The van der Waals surface area contributed by atoms with Crippen molar-refractivity contribution in [1.82, 2.24) is 10.2 Å². The normalized spacial score (nSPS) is 24.5. The summed E-state index contributed by atoms with van der Waals surface area (Å²) in [7, 11) is 0. The first-order valence-electron chi connectivity index (χ1n) is 7.28. The van der Waals surface area contributed by atoms with Crippen LogP contribution >= 0.6 is 0 Å². The predicted octanol–water partition coefficient (Wildman–Crippen LogP) is 1.23. The first kappa shape index (κ1) is 12.6. The van der Waals surface area contributed by atoms with Gasteiger partial charge in [-0.2, -0.15) is 0 Å². The van der Waals surface area contributed by atoms with E-state index >= 15 is 0 Å². The molecule has 1 aromatic carbocycles. The summed E-state index contributed by atoms with van der Waals surface area (Å²) < 4.78 is 5.65. The van der Waals surface area contributed by atoms with Crippen LogP contribution in [0.2, 0.25) is 0 Å². The third kappa shape index (κ3) is 1.96. The molecule has 0 saturated carbocycles. The van der Waals surface area contributed by atoms with Gasteiger partial charge in [0.15, 0.2) is 11.2 Å². The average molecular weight is 284 g/mol. The maximum Gasteiger partial charge on any atom is 0.290 e. The van der Waals surface area contributed by atoms with E-state index in [2.05, 4.69) is 5.32 Å². The van der Waals surface area contributed by atoms with Crippen LogP contribution < -0.4 is 10.7 Å². The summed E-state index contributed by atoms with van der Waals surface area (Å²) in [6.07, 6.45) is 1.02. The monoisotopic (exact) mass is 284 g/mol. The second-order valence-corrected chi connectivity index (χ2v) is 5.74. The molecule has 3 heterocycles. The zero-order chi connectivity index (χ0) is 14.4. The van der Waals surface area contributed by atoms with E-state index in [1.165, 1.54) is 6.07 Å². The van der Waals surface area contributed by atoms with Crippen molar-refractivity contribution < 1.29 is 9.21 Å². The number of carbonyl (C=O) groups excluding carboxylic acids is 1. The fraction of sp³-hybridized carbons (Fsp3) is 0.375. The molecule has 2 atom stereocenters. The van der Waals surface area contributed by atoms with Crippen LogP contribution in [0.3, 0.4) is 0 Å². The van der Waals surface area contributed by atoms with Crippen LogP contribution in [0.5, 0.6) is 0 Å². The minimum absolute atomic E-state index is 0.145. The number of para-hydroxylation sites is 1. The summed E-state index contributed by atoms with van der Waals surface area (Å²) in [6.45, 7) is 2.54. The van der Waals surface area contributed by atoms with Crippen molar-refractivity contribution in [3.63, 3.8) is 0 Å². The highest BCUT2D eigenvalue weighted by Crippen LogP contribution is 2.28. The summed E-state index contributed by atoms with van der Waals surface area (Å²) in [5.74, 6) is 0.501. The lowest BCUT2D eigenvalue weighted by Gasteiger charge is -2.22. The lowest BCUT2D eigenvalue weighted by molar-refractivity contribution is 0.0705. The molecular formula is C16H16N2O3. The molecule has 0 radical (unpaired) electrons. The van der Waals surface area contributed by atoms with E-state index in [9.17, 15) is 9.59 Å². The molecule has 108 valence electrons. The van der Waals surface area contributed by atoms with Gasteiger partial charge in [-0.1, -0.05) is 12.1 Å². The average Bonchev–Trinajstić information content (AvgIpc) is 3.09. The molecule has 2 aromatic rings. The fourth-order valence-corrected chi connectivity index (χ4v) is 3.45. The first-order chi connectivity index (χ1) is 10.2. The molecule has 2 fully saturated rings. The van der Waals surface area contributed by atoms with Crippen molar-refractivity contribution in [2.24, 2.45) is 5.92 Å². The summed E-state index contributed by atoms with van der Waals surface area (Å²) in [5, 5.41) is 3.83. The molecule has 2 saturated heterocycles. The number of rotatable bonds is 1. The number of likely N-dealkylation sites (tertiary alicyclic amines) is 1. The summed E-state index contributed by atoms with van der Waals surface area (Å²) >= 11 is 0. The van der Waals surface area contributed by atoms with Crippen molar-refractivity contribution in [3.05, 3.63) is 46.3 Å². The largest absolute Gasteiger partial charge is 0.451 e. The van der Waals surface area contributed by atoms with Gasteiger partial charge in [0, 0.05) is 31.7 Å².